The Balaban J connectivity index is 1.79. The number of pyridine rings is 1. The first-order valence-electron chi connectivity index (χ1n) is 11.0. The number of hydrogen-bond donors (Lipinski definition) is 0. The van der Waals surface area contributed by atoms with E-state index in [2.05, 4.69) is 6.07 Å². The summed E-state index contributed by atoms with van der Waals surface area (Å²) in [5.74, 6) is 1.68. The van der Waals surface area contributed by atoms with Gasteiger partial charge in [-0.25, -0.2) is 14.3 Å². The second-order valence-electron chi connectivity index (χ2n) is 7.83. The maximum atomic E-state index is 12.7. The van der Waals surface area contributed by atoms with E-state index in [4.69, 9.17) is 24.3 Å². The Kier molecular flexibility index (Phi) is 6.36. The van der Waals surface area contributed by atoms with E-state index in [1.54, 1.807) is 28.7 Å². The molecule has 1 aliphatic rings. The van der Waals surface area contributed by atoms with Gasteiger partial charge in [-0.1, -0.05) is 6.07 Å². The summed E-state index contributed by atoms with van der Waals surface area (Å²) in [6.07, 6.45) is 1.04. The van der Waals surface area contributed by atoms with Crippen LogP contribution in [0.25, 0.3) is 16.9 Å². The van der Waals surface area contributed by atoms with E-state index in [1.165, 1.54) is 7.11 Å². The molecule has 1 aromatic carbocycles. The Morgan fingerprint density at radius 3 is 2.52 bits per heavy atom. The molecule has 1 fully saturated rings. The number of benzene rings is 1. The van der Waals surface area contributed by atoms with Crippen molar-refractivity contribution in [1.82, 2.24) is 19.5 Å². The highest BCUT2D eigenvalue weighted by Gasteiger charge is 2.39. The van der Waals surface area contributed by atoms with Gasteiger partial charge >= 0.3 is 6.09 Å². The molecule has 9 heteroatoms. The molecule has 0 bridgehead atoms. The monoisotopic (exact) mass is 449 g/mol. The van der Waals surface area contributed by atoms with Gasteiger partial charge in [-0.2, -0.15) is 5.26 Å². The van der Waals surface area contributed by atoms with Gasteiger partial charge < -0.3 is 19.1 Å². The summed E-state index contributed by atoms with van der Waals surface area (Å²) in [4.78, 5) is 19.0. The first-order valence-corrected chi connectivity index (χ1v) is 11.0. The Hall–Kier alpha value is -3.80. The molecule has 1 saturated carbocycles. The number of carbonyl (C=O) groups excluding carboxylic acids is 1. The van der Waals surface area contributed by atoms with Crippen LogP contribution in [0.1, 0.15) is 44.2 Å². The Bertz CT molecular complexity index is 1210. The molecule has 33 heavy (non-hydrogen) atoms. The number of rotatable bonds is 8. The van der Waals surface area contributed by atoms with E-state index >= 15 is 0 Å². The molecule has 0 saturated heterocycles. The maximum Gasteiger partial charge on any atom is 0.410 e. The van der Waals surface area contributed by atoms with Gasteiger partial charge in [0.05, 0.1) is 25.5 Å². The van der Waals surface area contributed by atoms with Crippen LogP contribution in [0.2, 0.25) is 0 Å². The molecule has 4 rings (SSSR count). The summed E-state index contributed by atoms with van der Waals surface area (Å²) in [7, 11) is 3.11. The highest BCUT2D eigenvalue weighted by molar-refractivity contribution is 5.70. The second-order valence-corrected chi connectivity index (χ2v) is 7.83. The number of amides is 1. The molecule has 0 aliphatic heterocycles. The third-order valence-electron chi connectivity index (χ3n) is 5.86. The molecule has 2 aromatic heterocycles. The average molecular weight is 450 g/mol. The van der Waals surface area contributed by atoms with Gasteiger partial charge in [-0.3, -0.25) is 0 Å². The van der Waals surface area contributed by atoms with Gasteiger partial charge in [0.2, 0.25) is 0 Å². The largest absolute Gasteiger partial charge is 0.495 e. The van der Waals surface area contributed by atoms with Crippen molar-refractivity contribution in [3.63, 3.8) is 0 Å². The van der Waals surface area contributed by atoms with Crippen molar-refractivity contribution in [2.75, 3.05) is 27.3 Å². The fraction of sp³-hybridized carbons (Fsp3) is 0.417. The summed E-state index contributed by atoms with van der Waals surface area (Å²) < 4.78 is 18.4. The lowest BCUT2D eigenvalue weighted by Gasteiger charge is -2.22. The predicted octanol–water partition coefficient (Wildman–Crippen LogP) is 4.21. The molecular weight excluding hydrogens is 422 g/mol. The zero-order valence-corrected chi connectivity index (χ0v) is 19.2. The molecule has 0 spiro atoms. The van der Waals surface area contributed by atoms with Gasteiger partial charge in [0.25, 0.3) is 0 Å². The average Bonchev–Trinajstić information content (AvgIpc) is 3.59. The van der Waals surface area contributed by atoms with E-state index in [1.807, 2.05) is 32.0 Å². The Labute approximate surface area is 192 Å². The number of carbonyl (C=O) groups is 1. The minimum Gasteiger partial charge on any atom is -0.495 e. The number of fused-ring (bicyclic) bond motifs is 1. The van der Waals surface area contributed by atoms with E-state index in [9.17, 15) is 10.1 Å². The summed E-state index contributed by atoms with van der Waals surface area (Å²) in [5.41, 5.74) is 2.52. The molecule has 172 valence electrons. The van der Waals surface area contributed by atoms with Crippen LogP contribution in [0.5, 0.6) is 11.5 Å². The first-order chi connectivity index (χ1) is 16.0. The summed E-state index contributed by atoms with van der Waals surface area (Å²) >= 11 is 0. The van der Waals surface area contributed by atoms with E-state index in [0.29, 0.717) is 41.6 Å². The molecule has 1 unspecified atom stereocenters. The van der Waals surface area contributed by atoms with Gasteiger partial charge in [0, 0.05) is 24.6 Å². The molecule has 3 aromatic rings. The number of hydrogen-bond acceptors (Lipinski definition) is 7. The van der Waals surface area contributed by atoms with Crippen LogP contribution in [-0.4, -0.2) is 52.9 Å². The first kappa shape index (κ1) is 22.4. The van der Waals surface area contributed by atoms with Crippen molar-refractivity contribution >= 4 is 11.7 Å². The summed E-state index contributed by atoms with van der Waals surface area (Å²) in [6.45, 7) is 4.99. The fourth-order valence-electron chi connectivity index (χ4n) is 3.82. The molecule has 1 amide bonds. The third kappa shape index (κ3) is 4.29. The van der Waals surface area contributed by atoms with Crippen molar-refractivity contribution in [1.29, 1.82) is 5.26 Å². The van der Waals surface area contributed by atoms with Gasteiger partial charge in [0.15, 0.2) is 23.3 Å². The lowest BCUT2D eigenvalue weighted by molar-refractivity contribution is 0.0507. The lowest BCUT2D eigenvalue weighted by atomic mass is 10.1. The smallest absolute Gasteiger partial charge is 0.410 e. The normalized spacial score (nSPS) is 13.9. The number of methoxy groups -OCH3 is 2. The van der Waals surface area contributed by atoms with Crippen molar-refractivity contribution in [2.45, 2.75) is 32.8 Å². The number of aromatic nitrogens is 3. The SMILES string of the molecule is CCN(CC)C(=O)OC(c1nc2c(OC)ccc(-c3ccc(C#N)c(OC)c3)n2n1)C1CC1. The summed E-state index contributed by atoms with van der Waals surface area (Å²) in [5, 5.41) is 14.0. The maximum absolute atomic E-state index is 12.7. The molecule has 9 nitrogen and oxygen atoms in total. The summed E-state index contributed by atoms with van der Waals surface area (Å²) in [6, 6.07) is 11.2. The molecule has 2 heterocycles. The van der Waals surface area contributed by atoms with Gasteiger partial charge in [-0.15, -0.1) is 5.10 Å². The van der Waals surface area contributed by atoms with Crippen LogP contribution in [0.15, 0.2) is 30.3 Å². The van der Waals surface area contributed by atoms with Crippen LogP contribution in [0, 0.1) is 17.2 Å². The van der Waals surface area contributed by atoms with Crippen molar-refractivity contribution in [3.8, 4) is 28.8 Å². The third-order valence-corrected chi connectivity index (χ3v) is 5.86. The molecule has 1 aliphatic carbocycles. The van der Waals surface area contributed by atoms with Crippen molar-refractivity contribution < 1.29 is 19.0 Å². The van der Waals surface area contributed by atoms with Crippen molar-refractivity contribution in [2.24, 2.45) is 5.92 Å². The van der Waals surface area contributed by atoms with Crippen LogP contribution in [0.4, 0.5) is 4.79 Å². The fourth-order valence-corrected chi connectivity index (χ4v) is 3.82. The molecule has 0 radical (unpaired) electrons. The van der Waals surface area contributed by atoms with E-state index in [-0.39, 0.29) is 12.0 Å². The highest BCUT2D eigenvalue weighted by Crippen LogP contribution is 2.43. The molecule has 1 atom stereocenters. The number of ether oxygens (including phenoxy) is 3. The standard InChI is InChI=1S/C24H27N5O4/c1-5-28(6-2)24(30)33-21(15-7-8-15)22-26-23-19(31-3)12-11-18(29(23)27-22)16-9-10-17(14-25)20(13-16)32-4/h9-13,15,21H,5-8H2,1-4H3. The molecule has 0 N–H and O–H groups in total. The van der Waals surface area contributed by atoms with E-state index < -0.39 is 6.10 Å². The van der Waals surface area contributed by atoms with Crippen molar-refractivity contribution in [3.05, 3.63) is 41.7 Å². The Morgan fingerprint density at radius 1 is 1.18 bits per heavy atom. The lowest BCUT2D eigenvalue weighted by Crippen LogP contribution is -2.32. The van der Waals surface area contributed by atoms with Crippen LogP contribution < -0.4 is 9.47 Å². The van der Waals surface area contributed by atoms with Crippen LogP contribution >= 0.6 is 0 Å². The highest BCUT2D eigenvalue weighted by atomic mass is 16.6. The quantitative estimate of drug-likeness (QED) is 0.507. The Morgan fingerprint density at radius 2 is 1.91 bits per heavy atom. The van der Waals surface area contributed by atoms with E-state index in [0.717, 1.165) is 24.1 Å². The number of nitrogens with zero attached hydrogens (tertiary/aromatic N) is 5. The zero-order chi connectivity index (χ0) is 23.5. The topological polar surface area (TPSA) is 102 Å². The van der Waals surface area contributed by atoms with Gasteiger partial charge in [0.1, 0.15) is 11.8 Å². The minimum absolute atomic E-state index is 0.200. The van der Waals surface area contributed by atoms with Crippen LogP contribution in [0.3, 0.4) is 0 Å². The second kappa shape index (κ2) is 9.36. The molecular formula is C24H27N5O4. The minimum atomic E-state index is -0.522. The van der Waals surface area contributed by atoms with Crippen LogP contribution in [-0.2, 0) is 4.74 Å². The predicted molar refractivity (Wildman–Crippen MR) is 121 cm³/mol. The zero-order valence-electron chi connectivity index (χ0n) is 19.2. The number of nitriles is 1. The van der Waals surface area contributed by atoms with Gasteiger partial charge in [-0.05, 0) is 51.0 Å².